The van der Waals surface area contributed by atoms with Crippen molar-refractivity contribution in [2.24, 2.45) is 0 Å². The molecule has 1 amide bonds. The van der Waals surface area contributed by atoms with E-state index in [1.54, 1.807) is 13.4 Å². The maximum atomic E-state index is 11.8. The van der Waals surface area contributed by atoms with Crippen LogP contribution in [0.15, 0.2) is 47.1 Å². The van der Waals surface area contributed by atoms with Gasteiger partial charge < -0.3 is 14.5 Å². The number of ether oxygens (including phenoxy) is 1. The number of carbonyl (C=O) groups is 1. The molecule has 18 heavy (non-hydrogen) atoms. The van der Waals surface area contributed by atoms with Crippen molar-refractivity contribution in [3.63, 3.8) is 0 Å². The highest BCUT2D eigenvalue weighted by molar-refractivity contribution is 5.92. The molecule has 0 saturated heterocycles. The number of anilines is 1. The van der Waals surface area contributed by atoms with Crippen LogP contribution in [-0.2, 0) is 11.2 Å². The van der Waals surface area contributed by atoms with Gasteiger partial charge in [-0.2, -0.15) is 0 Å². The molecule has 0 radical (unpaired) electrons. The lowest BCUT2D eigenvalue weighted by atomic mass is 10.2. The summed E-state index contributed by atoms with van der Waals surface area (Å²) in [7, 11) is 1.58. The molecule has 0 aliphatic heterocycles. The molecule has 1 aromatic carbocycles. The zero-order valence-corrected chi connectivity index (χ0v) is 10.2. The lowest BCUT2D eigenvalue weighted by molar-refractivity contribution is -0.116. The Morgan fingerprint density at radius 2 is 2.11 bits per heavy atom. The topological polar surface area (TPSA) is 51.5 Å². The molecule has 0 saturated carbocycles. The first-order chi connectivity index (χ1) is 8.79. The summed E-state index contributed by atoms with van der Waals surface area (Å²) in [4.78, 5) is 11.8. The minimum atomic E-state index is -0.0594. The molecule has 4 nitrogen and oxygen atoms in total. The van der Waals surface area contributed by atoms with Gasteiger partial charge in [0.15, 0.2) is 0 Å². The molecule has 0 spiro atoms. The van der Waals surface area contributed by atoms with E-state index in [1.165, 1.54) is 0 Å². The van der Waals surface area contributed by atoms with Gasteiger partial charge in [-0.15, -0.1) is 0 Å². The highest BCUT2D eigenvalue weighted by Crippen LogP contribution is 2.23. The number of benzene rings is 1. The molecule has 0 unspecified atom stereocenters. The van der Waals surface area contributed by atoms with Crippen LogP contribution < -0.4 is 10.1 Å². The van der Waals surface area contributed by atoms with Crippen molar-refractivity contribution < 1.29 is 13.9 Å². The average Bonchev–Trinajstić information content (AvgIpc) is 2.90. The maximum Gasteiger partial charge on any atom is 0.224 e. The summed E-state index contributed by atoms with van der Waals surface area (Å²) in [5.41, 5.74) is 0.685. The Morgan fingerprint density at radius 3 is 2.83 bits per heavy atom. The summed E-state index contributed by atoms with van der Waals surface area (Å²) < 4.78 is 10.3. The molecule has 0 aliphatic rings. The summed E-state index contributed by atoms with van der Waals surface area (Å²) >= 11 is 0. The molecule has 0 fully saturated rings. The number of nitrogens with one attached hydrogen (secondary N) is 1. The molecular formula is C14H15NO3. The van der Waals surface area contributed by atoms with Crippen LogP contribution in [0.1, 0.15) is 12.2 Å². The van der Waals surface area contributed by atoms with E-state index >= 15 is 0 Å². The first-order valence-corrected chi connectivity index (χ1v) is 5.75. The van der Waals surface area contributed by atoms with Crippen molar-refractivity contribution in [1.82, 2.24) is 0 Å². The zero-order chi connectivity index (χ0) is 12.8. The molecule has 1 heterocycles. The van der Waals surface area contributed by atoms with Crippen LogP contribution >= 0.6 is 0 Å². The summed E-state index contributed by atoms with van der Waals surface area (Å²) in [5, 5.41) is 2.82. The van der Waals surface area contributed by atoms with Crippen LogP contribution in [0.25, 0.3) is 0 Å². The number of para-hydroxylation sites is 2. The monoisotopic (exact) mass is 245 g/mol. The first-order valence-electron chi connectivity index (χ1n) is 5.75. The average molecular weight is 245 g/mol. The normalized spacial score (nSPS) is 10.1. The van der Waals surface area contributed by atoms with Gasteiger partial charge >= 0.3 is 0 Å². The molecule has 94 valence electrons. The Labute approximate surface area is 106 Å². The number of hydrogen-bond donors (Lipinski definition) is 1. The SMILES string of the molecule is COc1ccccc1NC(=O)CCc1ccco1. The van der Waals surface area contributed by atoms with Gasteiger partial charge in [0.2, 0.25) is 5.91 Å². The van der Waals surface area contributed by atoms with E-state index in [1.807, 2.05) is 36.4 Å². The van der Waals surface area contributed by atoms with E-state index in [2.05, 4.69) is 5.32 Å². The number of aryl methyl sites for hydroxylation is 1. The number of amides is 1. The van der Waals surface area contributed by atoms with E-state index in [4.69, 9.17) is 9.15 Å². The molecule has 1 aromatic heterocycles. The van der Waals surface area contributed by atoms with Gasteiger partial charge in [-0.1, -0.05) is 12.1 Å². The second-order valence-corrected chi connectivity index (χ2v) is 3.83. The third-order valence-electron chi connectivity index (χ3n) is 2.56. The lowest BCUT2D eigenvalue weighted by Crippen LogP contribution is -2.12. The minimum Gasteiger partial charge on any atom is -0.495 e. The molecule has 0 aliphatic carbocycles. The van der Waals surface area contributed by atoms with E-state index < -0.39 is 0 Å². The van der Waals surface area contributed by atoms with Crippen LogP contribution in [0.5, 0.6) is 5.75 Å². The van der Waals surface area contributed by atoms with E-state index in [-0.39, 0.29) is 5.91 Å². The van der Waals surface area contributed by atoms with E-state index in [9.17, 15) is 4.79 Å². The van der Waals surface area contributed by atoms with Gasteiger partial charge in [-0.3, -0.25) is 4.79 Å². The largest absolute Gasteiger partial charge is 0.495 e. The molecule has 2 aromatic rings. The van der Waals surface area contributed by atoms with Gasteiger partial charge in [0.1, 0.15) is 11.5 Å². The van der Waals surface area contributed by atoms with Gasteiger partial charge in [0, 0.05) is 12.8 Å². The fourth-order valence-electron chi connectivity index (χ4n) is 1.65. The minimum absolute atomic E-state index is 0.0594. The smallest absolute Gasteiger partial charge is 0.224 e. The molecule has 0 bridgehead atoms. The summed E-state index contributed by atoms with van der Waals surface area (Å²) in [6.45, 7) is 0. The quantitative estimate of drug-likeness (QED) is 0.881. The predicted octanol–water partition coefficient (Wildman–Crippen LogP) is 2.86. The van der Waals surface area contributed by atoms with Crippen molar-refractivity contribution >= 4 is 11.6 Å². The van der Waals surface area contributed by atoms with Crippen molar-refractivity contribution in [2.75, 3.05) is 12.4 Å². The number of methoxy groups -OCH3 is 1. The first kappa shape index (κ1) is 12.2. The lowest BCUT2D eigenvalue weighted by Gasteiger charge is -2.09. The van der Waals surface area contributed by atoms with Crippen LogP contribution in [-0.4, -0.2) is 13.0 Å². The molecule has 1 N–H and O–H groups in total. The summed E-state index contributed by atoms with van der Waals surface area (Å²) in [6.07, 6.45) is 2.58. The molecule has 2 rings (SSSR count). The second kappa shape index (κ2) is 5.91. The van der Waals surface area contributed by atoms with Gasteiger partial charge in [0.25, 0.3) is 0 Å². The number of carbonyl (C=O) groups excluding carboxylic acids is 1. The highest BCUT2D eigenvalue weighted by Gasteiger charge is 2.07. The Bertz CT molecular complexity index is 506. The Balaban J connectivity index is 1.90. The predicted molar refractivity (Wildman–Crippen MR) is 68.7 cm³/mol. The van der Waals surface area contributed by atoms with Gasteiger partial charge in [0.05, 0.1) is 19.1 Å². The van der Waals surface area contributed by atoms with Crippen molar-refractivity contribution in [3.05, 3.63) is 48.4 Å². The number of hydrogen-bond acceptors (Lipinski definition) is 3. The third kappa shape index (κ3) is 3.13. The van der Waals surface area contributed by atoms with Crippen molar-refractivity contribution in [3.8, 4) is 5.75 Å². The zero-order valence-electron chi connectivity index (χ0n) is 10.2. The van der Waals surface area contributed by atoms with Crippen LogP contribution in [0, 0.1) is 0 Å². The van der Waals surface area contributed by atoms with Gasteiger partial charge in [-0.05, 0) is 24.3 Å². The Hall–Kier alpha value is -2.23. The van der Waals surface area contributed by atoms with Crippen LogP contribution in [0.4, 0.5) is 5.69 Å². The van der Waals surface area contributed by atoms with Crippen LogP contribution in [0.2, 0.25) is 0 Å². The summed E-state index contributed by atoms with van der Waals surface area (Å²) in [5.74, 6) is 1.41. The highest BCUT2D eigenvalue weighted by atomic mass is 16.5. The maximum absolute atomic E-state index is 11.8. The fourth-order valence-corrected chi connectivity index (χ4v) is 1.65. The number of furan rings is 1. The van der Waals surface area contributed by atoms with Crippen molar-refractivity contribution in [2.45, 2.75) is 12.8 Å². The Morgan fingerprint density at radius 1 is 1.28 bits per heavy atom. The molecule has 4 heteroatoms. The van der Waals surface area contributed by atoms with E-state index in [0.717, 1.165) is 5.76 Å². The standard InChI is InChI=1S/C14H15NO3/c1-17-13-7-3-2-6-12(13)15-14(16)9-8-11-5-4-10-18-11/h2-7,10H,8-9H2,1H3,(H,15,16). The molecule has 0 atom stereocenters. The Kier molecular flexibility index (Phi) is 4.02. The fraction of sp³-hybridized carbons (Fsp3) is 0.214. The van der Waals surface area contributed by atoms with Crippen molar-refractivity contribution in [1.29, 1.82) is 0 Å². The van der Waals surface area contributed by atoms with E-state index in [0.29, 0.717) is 24.3 Å². The third-order valence-corrected chi connectivity index (χ3v) is 2.56. The second-order valence-electron chi connectivity index (χ2n) is 3.83. The van der Waals surface area contributed by atoms with Crippen LogP contribution in [0.3, 0.4) is 0 Å². The molecular weight excluding hydrogens is 230 g/mol. The number of rotatable bonds is 5. The van der Waals surface area contributed by atoms with Gasteiger partial charge in [-0.25, -0.2) is 0 Å². The summed E-state index contributed by atoms with van der Waals surface area (Å²) in [6, 6.07) is 11.0.